The molecule has 0 heterocycles. The average molecular weight is 191 g/mol. The fourth-order valence-corrected chi connectivity index (χ4v) is 0.955. The molecule has 4 heteroatoms. The lowest BCUT2D eigenvalue weighted by Crippen LogP contribution is -1.90. The van der Waals surface area contributed by atoms with Gasteiger partial charge in [-0.15, -0.1) is 0 Å². The number of rotatable bonds is 1. The van der Waals surface area contributed by atoms with Gasteiger partial charge in [0, 0.05) is 11.5 Å². The van der Waals surface area contributed by atoms with Crippen LogP contribution in [0.15, 0.2) is 24.3 Å². The topological polar surface area (TPSA) is 63.4 Å². The number of hydrogen-bond donors (Lipinski definition) is 1. The molecule has 0 spiro atoms. The number of hydrogen-bond acceptors (Lipinski definition) is 3. The molecule has 0 fully saturated rings. The molecule has 1 N–H and O–H groups in total. The van der Waals surface area contributed by atoms with Gasteiger partial charge in [-0.05, 0) is 24.6 Å². The van der Waals surface area contributed by atoms with E-state index in [0.717, 1.165) is 5.56 Å². The average Bonchev–Trinajstić information content (AvgIpc) is 2.15. The van der Waals surface area contributed by atoms with Gasteiger partial charge < -0.3 is 5.11 Å². The van der Waals surface area contributed by atoms with E-state index in [0.29, 0.717) is 5.56 Å². The van der Waals surface area contributed by atoms with E-state index in [1.807, 2.05) is 6.04 Å². The third-order valence-electron chi connectivity index (χ3n) is 1.68. The van der Waals surface area contributed by atoms with Crippen LogP contribution in [0, 0.1) is 22.1 Å². The molecule has 0 saturated heterocycles. The van der Waals surface area contributed by atoms with E-state index in [1.54, 1.807) is 31.2 Å². The Kier molecular flexibility index (Phi) is 3.21. The van der Waals surface area contributed by atoms with Crippen LogP contribution in [0.2, 0.25) is 0 Å². The fraction of sp³-hybridized carbons (Fsp3) is 0.200. The molecule has 72 valence electrons. The molecule has 0 aliphatic rings. The highest BCUT2D eigenvalue weighted by atomic mass is 16.6. The summed E-state index contributed by atoms with van der Waals surface area (Å²) in [5, 5.41) is 19.1. The van der Waals surface area contributed by atoms with E-state index in [9.17, 15) is 15.2 Å². The Morgan fingerprint density at radius 1 is 1.43 bits per heavy atom. The minimum Gasteiger partial charge on any atom is -0.389 e. The molecule has 0 aliphatic heterocycles. The van der Waals surface area contributed by atoms with Crippen LogP contribution in [-0.4, -0.2) is 10.0 Å². The summed E-state index contributed by atoms with van der Waals surface area (Å²) in [5.41, 5.74) is 1.32. The van der Waals surface area contributed by atoms with Gasteiger partial charge in [-0.3, -0.25) is 0 Å². The van der Waals surface area contributed by atoms with Gasteiger partial charge in [0.25, 0.3) is 6.04 Å². The Balaban J connectivity index is 2.85. The first-order valence-corrected chi connectivity index (χ1v) is 4.03. The number of benzene rings is 1. The van der Waals surface area contributed by atoms with Crippen molar-refractivity contribution in [3.63, 3.8) is 0 Å². The van der Waals surface area contributed by atoms with E-state index >= 15 is 0 Å². The van der Waals surface area contributed by atoms with Gasteiger partial charge in [0.05, 0.1) is 6.10 Å². The van der Waals surface area contributed by atoms with E-state index in [-0.39, 0.29) is 0 Å². The SMILES string of the molecule is CC(O)c1ccc(C#C[N+](=O)[O-])cc1. The van der Waals surface area contributed by atoms with E-state index in [4.69, 9.17) is 0 Å². The lowest BCUT2D eigenvalue weighted by atomic mass is 10.1. The lowest BCUT2D eigenvalue weighted by Gasteiger charge is -2.02. The number of nitrogens with zero attached hydrogens (tertiary/aromatic N) is 1. The maximum Gasteiger partial charge on any atom is 0.295 e. The van der Waals surface area contributed by atoms with Crippen LogP contribution in [-0.2, 0) is 0 Å². The van der Waals surface area contributed by atoms with Crippen LogP contribution in [0.5, 0.6) is 0 Å². The molecule has 1 atom stereocenters. The van der Waals surface area contributed by atoms with Crippen LogP contribution in [0.4, 0.5) is 0 Å². The molecular formula is C10H9NO3. The zero-order chi connectivity index (χ0) is 10.6. The van der Waals surface area contributed by atoms with Crippen molar-refractivity contribution in [1.29, 1.82) is 0 Å². The summed E-state index contributed by atoms with van der Waals surface area (Å²) in [6.45, 7) is 1.65. The quantitative estimate of drug-likeness (QED) is 0.315. The van der Waals surface area contributed by atoms with Gasteiger partial charge in [0.1, 0.15) is 4.92 Å². The van der Waals surface area contributed by atoms with Crippen molar-refractivity contribution in [2.24, 2.45) is 0 Å². The van der Waals surface area contributed by atoms with E-state index < -0.39 is 11.0 Å². The summed E-state index contributed by atoms with van der Waals surface area (Å²) in [6, 6.07) is 8.47. The predicted octanol–water partition coefficient (Wildman–Crippen LogP) is 1.33. The van der Waals surface area contributed by atoms with Crippen LogP contribution in [0.25, 0.3) is 0 Å². The highest BCUT2D eigenvalue weighted by Crippen LogP contribution is 2.11. The van der Waals surface area contributed by atoms with Gasteiger partial charge in [-0.1, -0.05) is 12.1 Å². The Bertz CT molecular complexity index is 384. The molecule has 14 heavy (non-hydrogen) atoms. The Hall–Kier alpha value is -1.86. The zero-order valence-electron chi connectivity index (χ0n) is 7.60. The molecule has 1 unspecified atom stereocenters. The number of aliphatic hydroxyl groups excluding tert-OH is 1. The second-order valence-electron chi connectivity index (χ2n) is 2.79. The van der Waals surface area contributed by atoms with Gasteiger partial charge in [-0.2, -0.15) is 0 Å². The second-order valence-corrected chi connectivity index (χ2v) is 2.79. The summed E-state index contributed by atoms with van der Waals surface area (Å²) in [7, 11) is 0. The third kappa shape index (κ3) is 2.88. The monoisotopic (exact) mass is 191 g/mol. The third-order valence-corrected chi connectivity index (χ3v) is 1.68. The zero-order valence-corrected chi connectivity index (χ0v) is 7.60. The molecule has 1 aromatic rings. The summed E-state index contributed by atoms with van der Waals surface area (Å²) in [6.07, 6.45) is -0.535. The Morgan fingerprint density at radius 3 is 2.43 bits per heavy atom. The second kappa shape index (κ2) is 4.40. The minimum atomic E-state index is -0.692. The molecule has 1 rings (SSSR count). The fourth-order valence-electron chi connectivity index (χ4n) is 0.955. The molecule has 1 aromatic carbocycles. The van der Waals surface area contributed by atoms with Gasteiger partial charge in [0.2, 0.25) is 0 Å². The molecule has 0 aliphatic carbocycles. The maximum atomic E-state index is 9.94. The minimum absolute atomic E-state index is 0.535. The first kappa shape index (κ1) is 10.2. The molecule has 0 amide bonds. The van der Waals surface area contributed by atoms with Crippen molar-refractivity contribution in [1.82, 2.24) is 0 Å². The van der Waals surface area contributed by atoms with Crippen molar-refractivity contribution in [2.75, 3.05) is 0 Å². The summed E-state index contributed by atoms with van der Waals surface area (Å²) < 4.78 is 0. The van der Waals surface area contributed by atoms with Crippen molar-refractivity contribution in [3.05, 3.63) is 45.5 Å². The Labute approximate surface area is 81.3 Å². The molecule has 4 nitrogen and oxygen atoms in total. The van der Waals surface area contributed by atoms with Crippen molar-refractivity contribution in [3.8, 4) is 12.0 Å². The number of aliphatic hydroxyl groups is 1. The smallest absolute Gasteiger partial charge is 0.295 e. The highest BCUT2D eigenvalue weighted by Gasteiger charge is 1.98. The normalized spacial score (nSPS) is 11.3. The molecular weight excluding hydrogens is 182 g/mol. The van der Waals surface area contributed by atoms with Crippen molar-refractivity contribution < 1.29 is 10.0 Å². The van der Waals surface area contributed by atoms with E-state index in [1.165, 1.54) is 0 Å². The summed E-state index contributed by atoms with van der Waals surface area (Å²) in [4.78, 5) is 9.25. The van der Waals surface area contributed by atoms with Crippen LogP contribution in [0.3, 0.4) is 0 Å². The van der Waals surface area contributed by atoms with Gasteiger partial charge in [-0.25, -0.2) is 10.1 Å². The summed E-state index contributed by atoms with van der Waals surface area (Å²) in [5.74, 6) is 2.38. The Morgan fingerprint density at radius 2 is 2.00 bits per heavy atom. The largest absolute Gasteiger partial charge is 0.389 e. The molecule has 0 radical (unpaired) electrons. The number of nitro groups is 1. The highest BCUT2D eigenvalue weighted by molar-refractivity contribution is 5.35. The van der Waals surface area contributed by atoms with Crippen LogP contribution in [0.1, 0.15) is 24.2 Å². The van der Waals surface area contributed by atoms with Crippen LogP contribution < -0.4 is 0 Å². The van der Waals surface area contributed by atoms with Crippen molar-refractivity contribution in [2.45, 2.75) is 13.0 Å². The molecule has 0 saturated carbocycles. The maximum absolute atomic E-state index is 9.94. The van der Waals surface area contributed by atoms with Gasteiger partial charge >= 0.3 is 0 Å². The molecule has 0 bridgehead atoms. The van der Waals surface area contributed by atoms with E-state index in [2.05, 4.69) is 5.92 Å². The summed E-state index contributed by atoms with van der Waals surface area (Å²) >= 11 is 0. The van der Waals surface area contributed by atoms with Crippen LogP contribution >= 0.6 is 0 Å². The van der Waals surface area contributed by atoms with Crippen molar-refractivity contribution >= 4 is 0 Å². The lowest BCUT2D eigenvalue weighted by molar-refractivity contribution is -0.379. The first-order valence-electron chi connectivity index (χ1n) is 4.03. The molecule has 0 aromatic heterocycles. The standard InChI is InChI=1S/C10H9NO3/c1-8(12)10-4-2-9(3-5-10)6-7-11(13)14/h2-5,8,12H,1H3. The predicted molar refractivity (Wildman–Crippen MR) is 50.9 cm³/mol. The van der Waals surface area contributed by atoms with Gasteiger partial charge in [0.15, 0.2) is 0 Å². The first-order chi connectivity index (χ1) is 6.59.